The summed E-state index contributed by atoms with van der Waals surface area (Å²) in [5.41, 5.74) is 18.2. The van der Waals surface area contributed by atoms with Gasteiger partial charge in [-0.15, -0.1) is 0 Å². The van der Waals surface area contributed by atoms with Crippen LogP contribution in [0.4, 0.5) is 11.4 Å². The second kappa shape index (κ2) is 5.17. The fourth-order valence-corrected chi connectivity index (χ4v) is 2.42. The van der Waals surface area contributed by atoms with Crippen molar-refractivity contribution in [2.75, 3.05) is 23.7 Å². The zero-order valence-corrected chi connectivity index (χ0v) is 10.6. The summed E-state index contributed by atoms with van der Waals surface area (Å²) in [6.07, 6.45) is 1.70. The molecular weight excluding hydrogens is 244 g/mol. The minimum absolute atomic E-state index is 0.149. The van der Waals surface area contributed by atoms with Crippen molar-refractivity contribution in [1.29, 1.82) is 0 Å². The Hall–Kier alpha value is -2.24. The zero-order valence-electron chi connectivity index (χ0n) is 10.6. The van der Waals surface area contributed by atoms with Crippen molar-refractivity contribution in [1.82, 2.24) is 0 Å². The Balaban J connectivity index is 2.22. The number of nitrogens with two attached hydrogens (primary N) is 3. The lowest BCUT2D eigenvalue weighted by atomic mass is 9.96. The Labute approximate surface area is 111 Å². The lowest BCUT2D eigenvalue weighted by Crippen LogP contribution is -2.41. The van der Waals surface area contributed by atoms with Crippen LogP contribution in [-0.2, 0) is 4.79 Å². The second-order valence-electron chi connectivity index (χ2n) is 4.83. The molecule has 0 radical (unpaired) electrons. The Morgan fingerprint density at radius 3 is 2.58 bits per heavy atom. The molecule has 0 aromatic heterocycles. The highest BCUT2D eigenvalue weighted by atomic mass is 16.1. The summed E-state index contributed by atoms with van der Waals surface area (Å²) >= 11 is 0. The largest absolute Gasteiger partial charge is 0.397 e. The molecule has 0 bridgehead atoms. The van der Waals surface area contributed by atoms with E-state index < -0.39 is 5.91 Å². The van der Waals surface area contributed by atoms with Crippen molar-refractivity contribution in [3.8, 4) is 0 Å². The molecule has 1 saturated heterocycles. The molecule has 1 aromatic rings. The SMILES string of the molecule is NC(=O)c1ccc(N2CCCC(C(N)=O)C2)c(N)c1. The van der Waals surface area contributed by atoms with Gasteiger partial charge in [-0.05, 0) is 31.0 Å². The molecule has 2 amide bonds. The standard InChI is InChI=1S/C13H18N4O2/c14-10-6-8(12(15)18)3-4-11(10)17-5-1-2-9(7-17)13(16)19/h3-4,6,9H,1-2,5,7,14H2,(H2,15,18)(H2,16,19). The summed E-state index contributed by atoms with van der Waals surface area (Å²) in [5, 5.41) is 0. The number of carbonyl (C=O) groups excluding carboxylic acids is 2. The maximum Gasteiger partial charge on any atom is 0.248 e. The van der Waals surface area contributed by atoms with Crippen LogP contribution in [-0.4, -0.2) is 24.9 Å². The molecular formula is C13H18N4O2. The van der Waals surface area contributed by atoms with Crippen LogP contribution in [0, 0.1) is 5.92 Å². The van der Waals surface area contributed by atoms with E-state index in [1.165, 1.54) is 0 Å². The summed E-state index contributed by atoms with van der Waals surface area (Å²) < 4.78 is 0. The van der Waals surface area contributed by atoms with Crippen molar-refractivity contribution in [3.05, 3.63) is 23.8 Å². The lowest BCUT2D eigenvalue weighted by molar-refractivity contribution is -0.122. The number of rotatable bonds is 3. The number of hydrogen-bond donors (Lipinski definition) is 3. The third-order valence-electron chi connectivity index (χ3n) is 3.48. The summed E-state index contributed by atoms with van der Waals surface area (Å²) in [6.45, 7) is 1.39. The molecule has 1 atom stereocenters. The van der Waals surface area contributed by atoms with E-state index in [0.717, 1.165) is 25.1 Å². The van der Waals surface area contributed by atoms with Crippen LogP contribution in [0.2, 0.25) is 0 Å². The predicted molar refractivity (Wildman–Crippen MR) is 73.5 cm³/mol. The van der Waals surface area contributed by atoms with Gasteiger partial charge >= 0.3 is 0 Å². The summed E-state index contributed by atoms with van der Waals surface area (Å²) in [6, 6.07) is 4.96. The lowest BCUT2D eigenvalue weighted by Gasteiger charge is -2.33. The molecule has 6 nitrogen and oxygen atoms in total. The van der Waals surface area contributed by atoms with Gasteiger partial charge in [0.25, 0.3) is 0 Å². The van der Waals surface area contributed by atoms with Crippen molar-refractivity contribution in [3.63, 3.8) is 0 Å². The first kappa shape index (κ1) is 13.2. The minimum Gasteiger partial charge on any atom is -0.397 e. The van der Waals surface area contributed by atoms with Gasteiger partial charge in [0.15, 0.2) is 0 Å². The van der Waals surface area contributed by atoms with Gasteiger partial charge in [0.1, 0.15) is 0 Å². The quantitative estimate of drug-likeness (QED) is 0.668. The van der Waals surface area contributed by atoms with Crippen LogP contribution in [0.3, 0.4) is 0 Å². The summed E-state index contributed by atoms with van der Waals surface area (Å²) in [5.74, 6) is -0.937. The molecule has 1 aliphatic heterocycles. The van der Waals surface area contributed by atoms with E-state index in [0.29, 0.717) is 17.8 Å². The topological polar surface area (TPSA) is 115 Å². The number of benzene rings is 1. The fraction of sp³-hybridized carbons (Fsp3) is 0.385. The predicted octanol–water partition coefficient (Wildman–Crippen LogP) is 0.0694. The van der Waals surface area contributed by atoms with Crippen LogP contribution >= 0.6 is 0 Å². The van der Waals surface area contributed by atoms with Crippen LogP contribution < -0.4 is 22.1 Å². The van der Waals surface area contributed by atoms with Crippen LogP contribution in [0.5, 0.6) is 0 Å². The Kier molecular flexibility index (Phi) is 3.59. The average molecular weight is 262 g/mol. The van der Waals surface area contributed by atoms with E-state index in [1.807, 2.05) is 4.90 Å². The van der Waals surface area contributed by atoms with Crippen LogP contribution in [0.15, 0.2) is 18.2 Å². The molecule has 19 heavy (non-hydrogen) atoms. The third kappa shape index (κ3) is 2.78. The maximum absolute atomic E-state index is 11.3. The highest BCUT2D eigenvalue weighted by Gasteiger charge is 2.25. The van der Waals surface area contributed by atoms with Gasteiger partial charge in [-0.25, -0.2) is 0 Å². The van der Waals surface area contributed by atoms with Gasteiger partial charge in [-0.1, -0.05) is 0 Å². The fourth-order valence-electron chi connectivity index (χ4n) is 2.42. The number of hydrogen-bond acceptors (Lipinski definition) is 4. The third-order valence-corrected chi connectivity index (χ3v) is 3.48. The molecule has 1 aliphatic rings. The monoisotopic (exact) mass is 262 g/mol. The first-order chi connectivity index (χ1) is 8.99. The van der Waals surface area contributed by atoms with E-state index in [-0.39, 0.29) is 11.8 Å². The first-order valence-corrected chi connectivity index (χ1v) is 6.22. The number of amides is 2. The van der Waals surface area contributed by atoms with E-state index in [9.17, 15) is 9.59 Å². The summed E-state index contributed by atoms with van der Waals surface area (Å²) in [4.78, 5) is 24.4. The van der Waals surface area contributed by atoms with Crippen molar-refractivity contribution >= 4 is 23.2 Å². The molecule has 1 fully saturated rings. The van der Waals surface area contributed by atoms with E-state index >= 15 is 0 Å². The molecule has 0 spiro atoms. The molecule has 1 aromatic carbocycles. The molecule has 6 heteroatoms. The van der Waals surface area contributed by atoms with Crippen LogP contribution in [0.25, 0.3) is 0 Å². The number of anilines is 2. The number of nitrogens with zero attached hydrogens (tertiary/aromatic N) is 1. The number of carbonyl (C=O) groups is 2. The van der Waals surface area contributed by atoms with E-state index in [4.69, 9.17) is 17.2 Å². The van der Waals surface area contributed by atoms with Gasteiger partial charge in [-0.2, -0.15) is 0 Å². The number of nitrogen functional groups attached to an aromatic ring is 1. The smallest absolute Gasteiger partial charge is 0.248 e. The maximum atomic E-state index is 11.3. The van der Waals surface area contributed by atoms with E-state index in [2.05, 4.69) is 0 Å². The van der Waals surface area contributed by atoms with Gasteiger partial charge in [-0.3, -0.25) is 9.59 Å². The van der Waals surface area contributed by atoms with E-state index in [1.54, 1.807) is 18.2 Å². The van der Waals surface area contributed by atoms with Crippen molar-refractivity contribution in [2.45, 2.75) is 12.8 Å². The molecule has 0 aliphatic carbocycles. The van der Waals surface area contributed by atoms with Crippen molar-refractivity contribution < 1.29 is 9.59 Å². The van der Waals surface area contributed by atoms with Gasteiger partial charge in [0, 0.05) is 18.7 Å². The van der Waals surface area contributed by atoms with Gasteiger partial charge in [0.05, 0.1) is 17.3 Å². The zero-order chi connectivity index (χ0) is 14.0. The number of primary amides is 2. The normalized spacial score (nSPS) is 19.2. The highest BCUT2D eigenvalue weighted by molar-refractivity contribution is 5.95. The van der Waals surface area contributed by atoms with Crippen LogP contribution in [0.1, 0.15) is 23.2 Å². The first-order valence-electron chi connectivity index (χ1n) is 6.22. The summed E-state index contributed by atoms with van der Waals surface area (Å²) in [7, 11) is 0. The molecule has 1 heterocycles. The molecule has 2 rings (SSSR count). The molecule has 1 unspecified atom stereocenters. The molecule has 102 valence electrons. The Morgan fingerprint density at radius 1 is 1.26 bits per heavy atom. The average Bonchev–Trinajstić information content (AvgIpc) is 2.38. The second-order valence-corrected chi connectivity index (χ2v) is 4.83. The Bertz CT molecular complexity index is 515. The number of piperidine rings is 1. The molecule has 0 saturated carbocycles. The highest BCUT2D eigenvalue weighted by Crippen LogP contribution is 2.28. The van der Waals surface area contributed by atoms with Crippen molar-refractivity contribution in [2.24, 2.45) is 17.4 Å². The minimum atomic E-state index is -0.507. The van der Waals surface area contributed by atoms with Gasteiger partial charge in [0.2, 0.25) is 11.8 Å². The molecule has 6 N–H and O–H groups in total. The Morgan fingerprint density at radius 2 is 2.00 bits per heavy atom. The van der Waals surface area contributed by atoms with Gasteiger partial charge < -0.3 is 22.1 Å².